The second-order valence-electron chi connectivity index (χ2n) is 5.09. The van der Waals surface area contributed by atoms with Gasteiger partial charge in [0.25, 0.3) is 0 Å². The Balaban J connectivity index is 1.92. The first-order valence-corrected chi connectivity index (χ1v) is 7.10. The zero-order valence-electron chi connectivity index (χ0n) is 9.96. The summed E-state index contributed by atoms with van der Waals surface area (Å²) < 4.78 is 0. The summed E-state index contributed by atoms with van der Waals surface area (Å²) in [4.78, 5) is 0. The van der Waals surface area contributed by atoms with Gasteiger partial charge in [-0.2, -0.15) is 0 Å². The number of nitrogens with two attached hydrogens (primary N) is 1. The zero-order valence-corrected chi connectivity index (χ0v) is 11.5. The van der Waals surface area contributed by atoms with Crippen LogP contribution in [0, 0.1) is 5.92 Å². The fraction of sp³-hybridized carbons (Fsp3) is 0.571. The van der Waals surface area contributed by atoms with Crippen molar-refractivity contribution in [3.05, 3.63) is 33.8 Å². The molecule has 0 bridgehead atoms. The van der Waals surface area contributed by atoms with Crippen molar-refractivity contribution < 1.29 is 0 Å². The number of hydrogen-bond acceptors (Lipinski definition) is 1. The molecular formula is C14H19Cl2N. The molecule has 1 unspecified atom stereocenters. The monoisotopic (exact) mass is 271 g/mol. The standard InChI is InChI=1S/C14H19Cl2N/c15-12-5-6-14(16)11(8-12)9-13(17)7-10-3-1-2-4-10/h5-6,8,10,13H,1-4,7,9,17H2. The molecule has 0 radical (unpaired) electrons. The van der Waals surface area contributed by atoms with E-state index in [2.05, 4.69) is 0 Å². The van der Waals surface area contributed by atoms with Gasteiger partial charge in [0.1, 0.15) is 0 Å². The van der Waals surface area contributed by atoms with Crippen LogP contribution in [0.15, 0.2) is 18.2 Å². The molecule has 2 N–H and O–H groups in total. The highest BCUT2D eigenvalue weighted by atomic mass is 35.5. The van der Waals surface area contributed by atoms with Crippen LogP contribution in [0.2, 0.25) is 10.0 Å². The lowest BCUT2D eigenvalue weighted by Crippen LogP contribution is -2.25. The Morgan fingerprint density at radius 1 is 1.24 bits per heavy atom. The van der Waals surface area contributed by atoms with Crippen molar-refractivity contribution in [3.63, 3.8) is 0 Å². The lowest BCUT2D eigenvalue weighted by Gasteiger charge is -2.17. The van der Waals surface area contributed by atoms with Gasteiger partial charge in [0, 0.05) is 16.1 Å². The fourth-order valence-corrected chi connectivity index (χ4v) is 3.13. The first-order chi connectivity index (χ1) is 8.15. The molecule has 1 saturated carbocycles. The van der Waals surface area contributed by atoms with Crippen LogP contribution in [0.4, 0.5) is 0 Å². The van der Waals surface area contributed by atoms with Gasteiger partial charge in [-0.1, -0.05) is 48.9 Å². The third-order valence-electron chi connectivity index (χ3n) is 3.60. The molecule has 17 heavy (non-hydrogen) atoms. The highest BCUT2D eigenvalue weighted by molar-refractivity contribution is 6.33. The number of halogens is 2. The summed E-state index contributed by atoms with van der Waals surface area (Å²) in [5, 5.41) is 1.51. The summed E-state index contributed by atoms with van der Waals surface area (Å²) in [5.74, 6) is 0.822. The topological polar surface area (TPSA) is 26.0 Å². The molecule has 1 aliphatic rings. The Bertz CT molecular complexity index is 372. The predicted molar refractivity (Wildman–Crippen MR) is 74.7 cm³/mol. The van der Waals surface area contributed by atoms with Crippen molar-refractivity contribution >= 4 is 23.2 Å². The van der Waals surface area contributed by atoms with E-state index in [4.69, 9.17) is 28.9 Å². The van der Waals surface area contributed by atoms with Crippen LogP contribution in [-0.4, -0.2) is 6.04 Å². The van der Waals surface area contributed by atoms with E-state index >= 15 is 0 Å². The van der Waals surface area contributed by atoms with Crippen LogP contribution in [0.3, 0.4) is 0 Å². The zero-order chi connectivity index (χ0) is 12.3. The van der Waals surface area contributed by atoms with Crippen LogP contribution >= 0.6 is 23.2 Å². The van der Waals surface area contributed by atoms with Gasteiger partial charge in [0.05, 0.1) is 0 Å². The minimum Gasteiger partial charge on any atom is -0.327 e. The molecule has 0 amide bonds. The largest absolute Gasteiger partial charge is 0.327 e. The van der Waals surface area contributed by atoms with Gasteiger partial charge in [0.15, 0.2) is 0 Å². The molecule has 94 valence electrons. The van der Waals surface area contributed by atoms with Gasteiger partial charge in [-0.25, -0.2) is 0 Å². The maximum absolute atomic E-state index is 6.20. The van der Waals surface area contributed by atoms with Crippen molar-refractivity contribution in [1.82, 2.24) is 0 Å². The van der Waals surface area contributed by atoms with Crippen molar-refractivity contribution in [2.24, 2.45) is 11.7 Å². The summed E-state index contributed by atoms with van der Waals surface area (Å²) in [6, 6.07) is 5.80. The van der Waals surface area contributed by atoms with E-state index in [9.17, 15) is 0 Å². The normalized spacial score (nSPS) is 18.5. The van der Waals surface area contributed by atoms with E-state index in [0.717, 1.165) is 34.4 Å². The van der Waals surface area contributed by atoms with Crippen LogP contribution in [-0.2, 0) is 6.42 Å². The average molecular weight is 272 g/mol. The third kappa shape index (κ3) is 3.87. The number of hydrogen-bond donors (Lipinski definition) is 1. The average Bonchev–Trinajstić information content (AvgIpc) is 2.76. The van der Waals surface area contributed by atoms with Crippen molar-refractivity contribution in [1.29, 1.82) is 0 Å². The summed E-state index contributed by atoms with van der Waals surface area (Å²) >= 11 is 12.1. The van der Waals surface area contributed by atoms with Crippen LogP contribution in [0.25, 0.3) is 0 Å². The predicted octanol–water partition coefficient (Wildman–Crippen LogP) is 4.44. The lowest BCUT2D eigenvalue weighted by atomic mass is 9.94. The van der Waals surface area contributed by atoms with Gasteiger partial charge < -0.3 is 5.73 Å². The molecule has 0 heterocycles. The molecule has 1 atom stereocenters. The van der Waals surface area contributed by atoms with Gasteiger partial charge >= 0.3 is 0 Å². The first-order valence-electron chi connectivity index (χ1n) is 6.34. The Morgan fingerprint density at radius 3 is 2.65 bits per heavy atom. The SMILES string of the molecule is NC(Cc1cc(Cl)ccc1Cl)CC1CCCC1. The summed E-state index contributed by atoms with van der Waals surface area (Å²) in [5.41, 5.74) is 7.28. The maximum Gasteiger partial charge on any atom is 0.0439 e. The van der Waals surface area contributed by atoms with E-state index in [1.807, 2.05) is 18.2 Å². The van der Waals surface area contributed by atoms with Gasteiger partial charge in [-0.05, 0) is 42.5 Å². The fourth-order valence-electron chi connectivity index (χ4n) is 2.74. The Morgan fingerprint density at radius 2 is 1.94 bits per heavy atom. The molecule has 0 aromatic heterocycles. The quantitative estimate of drug-likeness (QED) is 0.861. The molecular weight excluding hydrogens is 253 g/mol. The summed E-state index contributed by atoms with van der Waals surface area (Å²) in [6.07, 6.45) is 7.37. The smallest absolute Gasteiger partial charge is 0.0439 e. The summed E-state index contributed by atoms with van der Waals surface area (Å²) in [7, 11) is 0. The van der Waals surface area contributed by atoms with Gasteiger partial charge in [0.2, 0.25) is 0 Å². The summed E-state index contributed by atoms with van der Waals surface area (Å²) in [6.45, 7) is 0. The Kier molecular flexibility index (Phi) is 4.72. The van der Waals surface area contributed by atoms with Crippen LogP contribution in [0.1, 0.15) is 37.7 Å². The number of benzene rings is 1. The number of rotatable bonds is 4. The van der Waals surface area contributed by atoms with Gasteiger partial charge in [-0.15, -0.1) is 0 Å². The highest BCUT2D eigenvalue weighted by Crippen LogP contribution is 2.29. The third-order valence-corrected chi connectivity index (χ3v) is 4.20. The van der Waals surface area contributed by atoms with E-state index < -0.39 is 0 Å². The first kappa shape index (κ1) is 13.2. The molecule has 2 rings (SSSR count). The molecule has 1 fully saturated rings. The van der Waals surface area contributed by atoms with Crippen molar-refractivity contribution in [2.45, 2.75) is 44.6 Å². The van der Waals surface area contributed by atoms with Crippen LogP contribution < -0.4 is 5.73 Å². The van der Waals surface area contributed by atoms with Gasteiger partial charge in [-0.3, -0.25) is 0 Å². The molecule has 1 aliphatic carbocycles. The van der Waals surface area contributed by atoms with Crippen molar-refractivity contribution in [2.75, 3.05) is 0 Å². The Labute approximate surface area is 113 Å². The molecule has 1 aromatic carbocycles. The maximum atomic E-state index is 6.20. The molecule has 1 nitrogen and oxygen atoms in total. The van der Waals surface area contributed by atoms with E-state index in [1.54, 1.807) is 0 Å². The van der Waals surface area contributed by atoms with E-state index in [1.165, 1.54) is 25.7 Å². The Hall–Kier alpha value is -0.240. The second kappa shape index (κ2) is 6.08. The molecule has 1 aromatic rings. The lowest BCUT2D eigenvalue weighted by molar-refractivity contribution is 0.440. The molecule has 0 aliphatic heterocycles. The highest BCUT2D eigenvalue weighted by Gasteiger charge is 2.18. The van der Waals surface area contributed by atoms with Crippen molar-refractivity contribution in [3.8, 4) is 0 Å². The minimum absolute atomic E-state index is 0.203. The van der Waals surface area contributed by atoms with Crippen LogP contribution in [0.5, 0.6) is 0 Å². The minimum atomic E-state index is 0.203. The van der Waals surface area contributed by atoms with E-state index in [-0.39, 0.29) is 6.04 Å². The molecule has 3 heteroatoms. The van der Waals surface area contributed by atoms with E-state index in [0.29, 0.717) is 0 Å². The second-order valence-corrected chi connectivity index (χ2v) is 5.93. The molecule has 0 spiro atoms. The molecule has 0 saturated heterocycles.